The Kier molecular flexibility index (Phi) is 6.80. The van der Waals surface area contributed by atoms with Crippen molar-refractivity contribution in [3.05, 3.63) is 70.6 Å². The van der Waals surface area contributed by atoms with Crippen molar-refractivity contribution < 1.29 is 9.53 Å². The number of hydrogen-bond donors (Lipinski definition) is 2. The topological polar surface area (TPSA) is 103 Å². The fourth-order valence-corrected chi connectivity index (χ4v) is 4.76. The third kappa shape index (κ3) is 4.94. The van der Waals surface area contributed by atoms with E-state index in [9.17, 15) is 9.59 Å². The van der Waals surface area contributed by atoms with E-state index in [1.54, 1.807) is 25.8 Å². The molecule has 0 fully saturated rings. The number of carbonyl (C=O) groups excluding carboxylic acids is 1. The largest absolute Gasteiger partial charge is 0.495 e. The molecule has 0 radical (unpaired) electrons. The lowest BCUT2D eigenvalue weighted by atomic mass is 10.3. The average molecular weight is 483 g/mol. The number of amides is 1. The number of carbonyl (C=O) groups is 1. The van der Waals surface area contributed by atoms with Crippen molar-refractivity contribution in [3.63, 3.8) is 0 Å². The van der Waals surface area contributed by atoms with Gasteiger partial charge in [0.15, 0.2) is 4.34 Å². The SMILES string of the molecule is COc1ccccc1Nc1nnc(SCC(=O)Nc2c(C)n(C)n(-c3ccccc3)c2=O)s1. The van der Waals surface area contributed by atoms with Crippen LogP contribution in [0.5, 0.6) is 5.75 Å². The van der Waals surface area contributed by atoms with Crippen molar-refractivity contribution in [2.45, 2.75) is 11.3 Å². The maximum absolute atomic E-state index is 12.9. The Hall–Kier alpha value is -3.57. The van der Waals surface area contributed by atoms with Crippen LogP contribution in [0.15, 0.2) is 63.7 Å². The summed E-state index contributed by atoms with van der Waals surface area (Å²) in [5.41, 5.74) is 2.16. The summed E-state index contributed by atoms with van der Waals surface area (Å²) in [4.78, 5) is 25.5. The zero-order valence-electron chi connectivity index (χ0n) is 18.2. The first kappa shape index (κ1) is 22.6. The summed E-state index contributed by atoms with van der Waals surface area (Å²) >= 11 is 2.58. The van der Waals surface area contributed by atoms with Gasteiger partial charge in [-0.05, 0) is 31.2 Å². The number of thioether (sulfide) groups is 1. The lowest BCUT2D eigenvalue weighted by molar-refractivity contribution is -0.113. The highest BCUT2D eigenvalue weighted by molar-refractivity contribution is 8.01. The molecule has 9 nitrogen and oxygen atoms in total. The second-order valence-corrected chi connectivity index (χ2v) is 9.17. The lowest BCUT2D eigenvalue weighted by Gasteiger charge is -2.07. The molecule has 0 unspecified atom stereocenters. The van der Waals surface area contributed by atoms with E-state index in [1.165, 1.54) is 27.8 Å². The minimum absolute atomic E-state index is 0.0996. The second-order valence-electron chi connectivity index (χ2n) is 6.97. The van der Waals surface area contributed by atoms with Gasteiger partial charge in [0.1, 0.15) is 11.4 Å². The van der Waals surface area contributed by atoms with Crippen LogP contribution in [0, 0.1) is 6.92 Å². The number of anilines is 3. The van der Waals surface area contributed by atoms with Crippen molar-refractivity contribution >= 4 is 45.5 Å². The van der Waals surface area contributed by atoms with Crippen LogP contribution in [-0.2, 0) is 11.8 Å². The molecular weight excluding hydrogens is 460 g/mol. The molecule has 2 N–H and O–H groups in total. The van der Waals surface area contributed by atoms with Gasteiger partial charge in [0.2, 0.25) is 11.0 Å². The van der Waals surface area contributed by atoms with Crippen LogP contribution in [-0.4, -0.2) is 38.3 Å². The third-order valence-corrected chi connectivity index (χ3v) is 6.87. The van der Waals surface area contributed by atoms with E-state index in [0.29, 0.717) is 20.9 Å². The third-order valence-electron chi connectivity index (χ3n) is 4.90. The first-order valence-corrected chi connectivity index (χ1v) is 11.8. The maximum atomic E-state index is 12.9. The van der Waals surface area contributed by atoms with Crippen LogP contribution in [0.3, 0.4) is 0 Å². The molecule has 4 rings (SSSR count). The summed E-state index contributed by atoms with van der Waals surface area (Å²) in [5, 5.41) is 14.7. The fraction of sp³-hybridized carbons (Fsp3) is 0.182. The van der Waals surface area contributed by atoms with Crippen LogP contribution in [0.25, 0.3) is 5.69 Å². The van der Waals surface area contributed by atoms with Crippen LogP contribution >= 0.6 is 23.1 Å². The number of nitrogens with one attached hydrogen (secondary N) is 2. The minimum atomic E-state index is -0.291. The predicted molar refractivity (Wildman–Crippen MR) is 131 cm³/mol. The number of benzene rings is 2. The molecule has 2 aromatic heterocycles. The zero-order valence-corrected chi connectivity index (χ0v) is 19.9. The van der Waals surface area contributed by atoms with E-state index in [2.05, 4.69) is 20.8 Å². The molecule has 0 aliphatic heterocycles. The van der Waals surface area contributed by atoms with Crippen molar-refractivity contribution in [2.75, 3.05) is 23.5 Å². The molecular formula is C22H22N6O3S2. The summed E-state index contributed by atoms with van der Waals surface area (Å²) < 4.78 is 9.21. The molecule has 0 bridgehead atoms. The van der Waals surface area contributed by atoms with Gasteiger partial charge < -0.3 is 15.4 Å². The van der Waals surface area contributed by atoms with Gasteiger partial charge in [0.25, 0.3) is 5.56 Å². The number of aromatic nitrogens is 4. The molecule has 0 spiro atoms. The molecule has 1 amide bonds. The predicted octanol–water partition coefficient (Wildman–Crippen LogP) is 3.82. The van der Waals surface area contributed by atoms with Gasteiger partial charge in [-0.25, -0.2) is 4.68 Å². The van der Waals surface area contributed by atoms with Gasteiger partial charge in [0.05, 0.1) is 29.9 Å². The Morgan fingerprint density at radius 1 is 1.12 bits per heavy atom. The standard InChI is InChI=1S/C22H22N6O3S2/c1-14-19(20(30)28(27(14)2)15-9-5-4-6-10-15)24-18(29)13-32-22-26-25-21(33-22)23-16-11-7-8-12-17(16)31-3/h4-12H,13H2,1-3H3,(H,23,25)(H,24,29). The molecule has 4 aromatic rings. The number of ether oxygens (including phenoxy) is 1. The highest BCUT2D eigenvalue weighted by Gasteiger charge is 2.18. The van der Waals surface area contributed by atoms with Crippen molar-refractivity contribution in [1.29, 1.82) is 0 Å². The van der Waals surface area contributed by atoms with E-state index in [4.69, 9.17) is 4.74 Å². The molecule has 2 heterocycles. The molecule has 0 saturated carbocycles. The van der Waals surface area contributed by atoms with Gasteiger partial charge in [-0.3, -0.25) is 14.3 Å². The van der Waals surface area contributed by atoms with Crippen LogP contribution in [0.1, 0.15) is 5.69 Å². The Labute approximate surface area is 198 Å². The van der Waals surface area contributed by atoms with E-state index in [0.717, 1.165) is 11.4 Å². The Bertz CT molecular complexity index is 1330. The Morgan fingerprint density at radius 3 is 2.61 bits per heavy atom. The number of methoxy groups -OCH3 is 1. The van der Waals surface area contributed by atoms with Gasteiger partial charge in [-0.1, -0.05) is 53.4 Å². The van der Waals surface area contributed by atoms with Crippen molar-refractivity contribution in [2.24, 2.45) is 7.05 Å². The van der Waals surface area contributed by atoms with Crippen LogP contribution < -0.4 is 20.9 Å². The summed E-state index contributed by atoms with van der Waals surface area (Å²) in [6.45, 7) is 1.80. The number of para-hydroxylation sites is 3. The zero-order chi connectivity index (χ0) is 23.4. The molecule has 170 valence electrons. The molecule has 2 aromatic carbocycles. The smallest absolute Gasteiger partial charge is 0.295 e. The average Bonchev–Trinajstić information content (AvgIpc) is 3.36. The Morgan fingerprint density at radius 2 is 1.85 bits per heavy atom. The van der Waals surface area contributed by atoms with Crippen molar-refractivity contribution in [3.8, 4) is 11.4 Å². The monoisotopic (exact) mass is 482 g/mol. The van der Waals surface area contributed by atoms with Crippen LogP contribution in [0.4, 0.5) is 16.5 Å². The van der Waals surface area contributed by atoms with Crippen LogP contribution in [0.2, 0.25) is 0 Å². The van der Waals surface area contributed by atoms with Gasteiger partial charge in [-0.15, -0.1) is 10.2 Å². The highest BCUT2D eigenvalue weighted by atomic mass is 32.2. The normalized spacial score (nSPS) is 10.8. The van der Waals surface area contributed by atoms with E-state index in [-0.39, 0.29) is 22.9 Å². The second kappa shape index (κ2) is 9.92. The Balaban J connectivity index is 1.40. The number of nitrogens with zero attached hydrogens (tertiary/aromatic N) is 4. The molecule has 33 heavy (non-hydrogen) atoms. The summed E-state index contributed by atoms with van der Waals surface area (Å²) in [6.07, 6.45) is 0. The molecule has 0 saturated heterocycles. The first-order valence-electron chi connectivity index (χ1n) is 9.98. The van der Waals surface area contributed by atoms with E-state index in [1.807, 2.05) is 54.6 Å². The van der Waals surface area contributed by atoms with E-state index < -0.39 is 0 Å². The maximum Gasteiger partial charge on any atom is 0.295 e. The number of hydrogen-bond acceptors (Lipinski definition) is 8. The lowest BCUT2D eigenvalue weighted by Crippen LogP contribution is -2.23. The quantitative estimate of drug-likeness (QED) is 0.368. The molecule has 0 aliphatic carbocycles. The molecule has 11 heteroatoms. The fourth-order valence-electron chi connectivity index (χ4n) is 3.20. The molecule has 0 atom stereocenters. The van der Waals surface area contributed by atoms with Gasteiger partial charge >= 0.3 is 0 Å². The minimum Gasteiger partial charge on any atom is -0.495 e. The first-order chi connectivity index (χ1) is 16.0. The number of rotatable bonds is 8. The highest BCUT2D eigenvalue weighted by Crippen LogP contribution is 2.31. The van der Waals surface area contributed by atoms with Gasteiger partial charge in [0, 0.05) is 7.05 Å². The summed E-state index contributed by atoms with van der Waals surface area (Å²) in [5.74, 6) is 0.503. The van der Waals surface area contributed by atoms with Gasteiger partial charge in [-0.2, -0.15) is 0 Å². The van der Waals surface area contributed by atoms with Crippen molar-refractivity contribution in [1.82, 2.24) is 19.6 Å². The summed E-state index contributed by atoms with van der Waals surface area (Å²) in [6, 6.07) is 16.8. The van der Waals surface area contributed by atoms with E-state index >= 15 is 0 Å². The summed E-state index contributed by atoms with van der Waals surface area (Å²) in [7, 11) is 3.38. The molecule has 0 aliphatic rings.